The molecule has 6 nitrogen and oxygen atoms in total. The van der Waals surface area contributed by atoms with Gasteiger partial charge in [0.05, 0.1) is 0 Å². The highest BCUT2D eigenvalue weighted by Crippen LogP contribution is 2.22. The molecule has 2 N–H and O–H groups in total. The number of carboxylic acid groups (broad SMARTS) is 1. The number of hydrogen-bond acceptors (Lipinski definition) is 3. The molecule has 120 valence electrons. The number of aliphatic carboxylic acids is 1. The molecule has 0 saturated carbocycles. The van der Waals surface area contributed by atoms with Crippen molar-refractivity contribution in [2.75, 3.05) is 33.2 Å². The molecule has 2 rings (SSSR count). The summed E-state index contributed by atoms with van der Waals surface area (Å²) in [4.78, 5) is 27.0. The van der Waals surface area contributed by atoms with E-state index in [1.54, 1.807) is 0 Å². The summed E-state index contributed by atoms with van der Waals surface area (Å²) in [5.74, 6) is -0.272. The van der Waals surface area contributed by atoms with Crippen molar-refractivity contribution in [1.29, 1.82) is 0 Å². The Hall–Kier alpha value is -1.30. The molecule has 0 aliphatic carbocycles. The zero-order valence-corrected chi connectivity index (χ0v) is 12.9. The Balaban J connectivity index is 1.67. The van der Waals surface area contributed by atoms with Gasteiger partial charge in [0.15, 0.2) is 0 Å². The average Bonchev–Trinajstić information content (AvgIpc) is 2.48. The van der Waals surface area contributed by atoms with Crippen molar-refractivity contribution >= 4 is 12.0 Å². The van der Waals surface area contributed by atoms with Crippen LogP contribution in [0.15, 0.2) is 0 Å². The summed E-state index contributed by atoms with van der Waals surface area (Å²) in [7, 11) is 2.11. The minimum atomic E-state index is -0.725. The maximum atomic E-state index is 12.2. The first kappa shape index (κ1) is 16.1. The number of amides is 2. The first-order chi connectivity index (χ1) is 10.0. The number of nitrogens with one attached hydrogen (secondary N) is 1. The van der Waals surface area contributed by atoms with Gasteiger partial charge in [0.25, 0.3) is 0 Å². The number of carboxylic acids is 1. The molecule has 0 radical (unpaired) electrons. The third-order valence-corrected chi connectivity index (χ3v) is 4.71. The molecule has 0 aromatic rings. The summed E-state index contributed by atoms with van der Waals surface area (Å²) < 4.78 is 0. The molecule has 0 aromatic carbocycles. The van der Waals surface area contributed by atoms with Gasteiger partial charge in [0.2, 0.25) is 0 Å². The molecule has 0 unspecified atom stereocenters. The van der Waals surface area contributed by atoms with E-state index in [1.165, 1.54) is 0 Å². The molecule has 0 spiro atoms. The number of carbonyl (C=O) groups is 2. The smallest absolute Gasteiger partial charge is 0.317 e. The summed E-state index contributed by atoms with van der Waals surface area (Å²) in [5.41, 5.74) is 0. The van der Waals surface area contributed by atoms with E-state index in [0.29, 0.717) is 12.0 Å². The van der Waals surface area contributed by atoms with Crippen molar-refractivity contribution in [3.05, 3.63) is 0 Å². The standard InChI is InChI=1S/C15H27N3O3/c1-17-8-6-13(7-9-17)16-15(21)18-10-4-12(5-11-18)2-3-14(19)20/h12-13H,2-11H2,1H3,(H,16,21)(H,19,20). The largest absolute Gasteiger partial charge is 0.481 e. The summed E-state index contributed by atoms with van der Waals surface area (Å²) in [6, 6.07) is 0.361. The van der Waals surface area contributed by atoms with Gasteiger partial charge < -0.3 is 20.2 Å². The highest BCUT2D eigenvalue weighted by atomic mass is 16.4. The van der Waals surface area contributed by atoms with Gasteiger partial charge in [-0.3, -0.25) is 4.79 Å². The molecule has 2 aliphatic rings. The van der Waals surface area contributed by atoms with Crippen LogP contribution in [0.5, 0.6) is 0 Å². The van der Waals surface area contributed by atoms with E-state index in [0.717, 1.165) is 58.3 Å². The molecule has 2 heterocycles. The first-order valence-corrected chi connectivity index (χ1v) is 8.00. The van der Waals surface area contributed by atoms with E-state index in [-0.39, 0.29) is 12.5 Å². The maximum absolute atomic E-state index is 12.2. The summed E-state index contributed by atoms with van der Waals surface area (Å²) in [6.45, 7) is 3.59. The predicted molar refractivity (Wildman–Crippen MR) is 80.2 cm³/mol. The minimum Gasteiger partial charge on any atom is -0.481 e. The van der Waals surface area contributed by atoms with Gasteiger partial charge in [-0.15, -0.1) is 0 Å². The summed E-state index contributed by atoms with van der Waals surface area (Å²) in [5, 5.41) is 11.8. The number of hydrogen-bond donors (Lipinski definition) is 2. The van der Waals surface area contributed by atoms with Crippen LogP contribution in [0, 0.1) is 5.92 Å². The SMILES string of the molecule is CN1CCC(NC(=O)N2CCC(CCC(=O)O)CC2)CC1. The van der Waals surface area contributed by atoms with Gasteiger partial charge in [-0.05, 0) is 58.2 Å². The topological polar surface area (TPSA) is 72.9 Å². The maximum Gasteiger partial charge on any atom is 0.317 e. The van der Waals surface area contributed by atoms with Crippen molar-refractivity contribution in [2.24, 2.45) is 5.92 Å². The van der Waals surface area contributed by atoms with Crippen LogP contribution in [0.4, 0.5) is 4.79 Å². The Bertz CT molecular complexity index is 359. The van der Waals surface area contributed by atoms with Gasteiger partial charge in [-0.2, -0.15) is 0 Å². The fourth-order valence-electron chi connectivity index (χ4n) is 3.17. The van der Waals surface area contributed by atoms with Crippen LogP contribution in [0.25, 0.3) is 0 Å². The lowest BCUT2D eigenvalue weighted by atomic mass is 9.92. The van der Waals surface area contributed by atoms with Gasteiger partial charge in [0.1, 0.15) is 0 Å². The normalized spacial score (nSPS) is 22.2. The van der Waals surface area contributed by atoms with Crippen LogP contribution in [0.3, 0.4) is 0 Å². The molecule has 21 heavy (non-hydrogen) atoms. The highest BCUT2D eigenvalue weighted by Gasteiger charge is 2.25. The average molecular weight is 297 g/mol. The number of nitrogens with zero attached hydrogens (tertiary/aromatic N) is 2. The lowest BCUT2D eigenvalue weighted by Gasteiger charge is -2.35. The van der Waals surface area contributed by atoms with Crippen LogP contribution in [-0.4, -0.2) is 66.2 Å². The van der Waals surface area contributed by atoms with Crippen LogP contribution >= 0.6 is 0 Å². The second-order valence-electron chi connectivity index (χ2n) is 6.39. The monoisotopic (exact) mass is 297 g/mol. The van der Waals surface area contributed by atoms with Crippen molar-refractivity contribution in [3.8, 4) is 0 Å². The quantitative estimate of drug-likeness (QED) is 0.822. The molecule has 2 aliphatic heterocycles. The van der Waals surface area contributed by atoms with Crippen LogP contribution in [0.2, 0.25) is 0 Å². The molecular weight excluding hydrogens is 270 g/mol. The lowest BCUT2D eigenvalue weighted by Crippen LogP contribution is -2.50. The Kier molecular flexibility index (Phi) is 5.85. The third kappa shape index (κ3) is 5.19. The number of carbonyl (C=O) groups excluding carboxylic acids is 1. The van der Waals surface area contributed by atoms with E-state index in [2.05, 4.69) is 17.3 Å². The van der Waals surface area contributed by atoms with Crippen molar-refractivity contribution < 1.29 is 14.7 Å². The van der Waals surface area contributed by atoms with Gasteiger partial charge >= 0.3 is 12.0 Å². The molecule has 0 aromatic heterocycles. The minimum absolute atomic E-state index is 0.0567. The molecule has 2 fully saturated rings. The van der Waals surface area contributed by atoms with Crippen LogP contribution < -0.4 is 5.32 Å². The second kappa shape index (κ2) is 7.64. The van der Waals surface area contributed by atoms with Crippen LogP contribution in [0.1, 0.15) is 38.5 Å². The van der Waals surface area contributed by atoms with Crippen LogP contribution in [-0.2, 0) is 4.79 Å². The molecule has 6 heteroatoms. The number of urea groups is 1. The third-order valence-electron chi connectivity index (χ3n) is 4.71. The number of likely N-dealkylation sites (tertiary alicyclic amines) is 2. The van der Waals surface area contributed by atoms with Crippen molar-refractivity contribution in [2.45, 2.75) is 44.6 Å². The fraction of sp³-hybridized carbons (Fsp3) is 0.867. The van der Waals surface area contributed by atoms with E-state index >= 15 is 0 Å². The molecular formula is C15H27N3O3. The van der Waals surface area contributed by atoms with Gasteiger partial charge in [-0.25, -0.2) is 4.79 Å². The number of rotatable bonds is 4. The molecule has 0 atom stereocenters. The zero-order valence-electron chi connectivity index (χ0n) is 12.9. The zero-order chi connectivity index (χ0) is 15.2. The lowest BCUT2D eigenvalue weighted by molar-refractivity contribution is -0.137. The van der Waals surface area contributed by atoms with E-state index in [9.17, 15) is 9.59 Å². The summed E-state index contributed by atoms with van der Waals surface area (Å²) in [6.07, 6.45) is 4.88. The Morgan fingerprint density at radius 3 is 2.29 bits per heavy atom. The molecule has 2 amide bonds. The van der Waals surface area contributed by atoms with E-state index in [1.807, 2.05) is 4.90 Å². The van der Waals surface area contributed by atoms with Crippen molar-refractivity contribution in [3.63, 3.8) is 0 Å². The summed E-state index contributed by atoms with van der Waals surface area (Å²) >= 11 is 0. The Morgan fingerprint density at radius 1 is 1.10 bits per heavy atom. The fourth-order valence-corrected chi connectivity index (χ4v) is 3.17. The van der Waals surface area contributed by atoms with E-state index in [4.69, 9.17) is 5.11 Å². The predicted octanol–water partition coefficient (Wildman–Crippen LogP) is 1.37. The highest BCUT2D eigenvalue weighted by molar-refractivity contribution is 5.74. The van der Waals surface area contributed by atoms with Crippen molar-refractivity contribution in [1.82, 2.24) is 15.1 Å². The second-order valence-corrected chi connectivity index (χ2v) is 6.39. The first-order valence-electron chi connectivity index (χ1n) is 8.00. The van der Waals surface area contributed by atoms with E-state index < -0.39 is 5.97 Å². The van der Waals surface area contributed by atoms with Gasteiger partial charge in [0, 0.05) is 25.6 Å². The molecule has 2 saturated heterocycles. The molecule has 0 bridgehead atoms. The Labute approximate surface area is 126 Å². The number of piperidine rings is 2. The Morgan fingerprint density at radius 2 is 1.71 bits per heavy atom. The van der Waals surface area contributed by atoms with Gasteiger partial charge in [-0.1, -0.05) is 0 Å².